The van der Waals surface area contributed by atoms with Crippen LogP contribution in [0.25, 0.3) is 0 Å². The predicted octanol–water partition coefficient (Wildman–Crippen LogP) is 0.625. The minimum atomic E-state index is -3.58. The smallest absolute Gasteiger partial charge is 0.253 e. The van der Waals surface area contributed by atoms with Gasteiger partial charge in [-0.3, -0.25) is 4.79 Å². The maximum Gasteiger partial charge on any atom is 0.253 e. The predicted molar refractivity (Wildman–Crippen MR) is 101 cm³/mol. The van der Waals surface area contributed by atoms with Gasteiger partial charge >= 0.3 is 0 Å². The van der Waals surface area contributed by atoms with Crippen LogP contribution in [0.15, 0.2) is 29.2 Å². The average Bonchev–Trinajstić information content (AvgIpc) is 3.13. The van der Waals surface area contributed by atoms with Gasteiger partial charge in [0.25, 0.3) is 5.91 Å². The molecule has 3 rings (SSSR count). The van der Waals surface area contributed by atoms with E-state index in [4.69, 9.17) is 0 Å². The molecule has 8 nitrogen and oxygen atoms in total. The van der Waals surface area contributed by atoms with Gasteiger partial charge in [0, 0.05) is 37.8 Å². The number of carbonyl (C=O) groups is 1. The highest BCUT2D eigenvalue weighted by Gasteiger charge is 2.27. The van der Waals surface area contributed by atoms with Gasteiger partial charge in [0.05, 0.1) is 11.2 Å². The van der Waals surface area contributed by atoms with Crippen molar-refractivity contribution < 1.29 is 21.6 Å². The molecule has 1 saturated heterocycles. The monoisotopic (exact) mass is 415 g/mol. The summed E-state index contributed by atoms with van der Waals surface area (Å²) in [6.45, 7) is 1.16. The third-order valence-electron chi connectivity index (χ3n) is 5.08. The van der Waals surface area contributed by atoms with Crippen LogP contribution in [0.4, 0.5) is 0 Å². The Balaban J connectivity index is 1.64. The molecule has 2 aliphatic rings. The Kier molecular flexibility index (Phi) is 5.90. The quantitative estimate of drug-likeness (QED) is 0.759. The van der Waals surface area contributed by atoms with Gasteiger partial charge in [0.15, 0.2) is 0 Å². The fourth-order valence-corrected chi connectivity index (χ4v) is 5.64. The zero-order valence-electron chi connectivity index (χ0n) is 15.3. The minimum Gasteiger partial charge on any atom is -0.336 e. The lowest BCUT2D eigenvalue weighted by Gasteiger charge is -2.33. The third kappa shape index (κ3) is 4.87. The van der Waals surface area contributed by atoms with Crippen molar-refractivity contribution in [1.29, 1.82) is 0 Å². The van der Waals surface area contributed by atoms with Crippen molar-refractivity contribution in [2.75, 3.05) is 32.4 Å². The van der Waals surface area contributed by atoms with Crippen molar-refractivity contribution in [3.05, 3.63) is 29.8 Å². The van der Waals surface area contributed by atoms with Gasteiger partial charge in [-0.2, -0.15) is 4.31 Å². The van der Waals surface area contributed by atoms with E-state index in [-0.39, 0.29) is 29.9 Å². The molecule has 0 bridgehead atoms. The van der Waals surface area contributed by atoms with Crippen LogP contribution in [0.5, 0.6) is 0 Å². The lowest BCUT2D eigenvalue weighted by atomic mass is 10.2. The van der Waals surface area contributed by atoms with Crippen molar-refractivity contribution in [2.45, 2.75) is 36.6 Å². The number of rotatable bonds is 5. The van der Waals surface area contributed by atoms with Crippen LogP contribution in [0.3, 0.4) is 0 Å². The third-order valence-corrected chi connectivity index (χ3v) is 7.92. The Labute approximate surface area is 160 Å². The zero-order valence-corrected chi connectivity index (χ0v) is 16.9. The van der Waals surface area contributed by atoms with Gasteiger partial charge in [0.1, 0.15) is 0 Å². The normalized spacial score (nSPS) is 20.1. The number of amides is 1. The first-order chi connectivity index (χ1) is 12.7. The molecule has 1 amide bonds. The second-order valence-corrected chi connectivity index (χ2v) is 10.8. The van der Waals surface area contributed by atoms with Gasteiger partial charge in [-0.25, -0.2) is 21.6 Å². The molecule has 10 heteroatoms. The van der Waals surface area contributed by atoms with Crippen LogP contribution in [-0.4, -0.2) is 70.4 Å². The number of piperazine rings is 1. The second kappa shape index (κ2) is 7.86. The molecule has 0 unspecified atom stereocenters. The van der Waals surface area contributed by atoms with Gasteiger partial charge in [-0.1, -0.05) is 12.8 Å². The summed E-state index contributed by atoms with van der Waals surface area (Å²) in [5.41, 5.74) is 0.391. The maximum absolute atomic E-state index is 12.6. The molecule has 0 spiro atoms. The van der Waals surface area contributed by atoms with E-state index < -0.39 is 20.0 Å². The van der Waals surface area contributed by atoms with Crippen LogP contribution in [0.2, 0.25) is 0 Å². The molecule has 1 aliphatic carbocycles. The van der Waals surface area contributed by atoms with E-state index in [1.54, 1.807) is 4.90 Å². The summed E-state index contributed by atoms with van der Waals surface area (Å²) >= 11 is 0. The first kappa shape index (κ1) is 20.2. The molecule has 0 aromatic heterocycles. The molecule has 0 radical (unpaired) electrons. The number of sulfonamides is 2. The van der Waals surface area contributed by atoms with Crippen molar-refractivity contribution in [3.63, 3.8) is 0 Å². The number of hydrogen-bond donors (Lipinski definition) is 1. The van der Waals surface area contributed by atoms with E-state index in [0.29, 0.717) is 18.7 Å². The summed E-state index contributed by atoms with van der Waals surface area (Å²) in [7, 11) is -6.83. The van der Waals surface area contributed by atoms with Gasteiger partial charge in [0.2, 0.25) is 20.0 Å². The van der Waals surface area contributed by atoms with E-state index in [1.165, 1.54) is 28.6 Å². The summed E-state index contributed by atoms with van der Waals surface area (Å²) < 4.78 is 52.0. The maximum atomic E-state index is 12.6. The summed E-state index contributed by atoms with van der Waals surface area (Å²) in [5, 5.41) is 0. The fourth-order valence-electron chi connectivity index (χ4n) is 3.51. The molecule has 27 heavy (non-hydrogen) atoms. The fraction of sp³-hybridized carbons (Fsp3) is 0.588. The first-order valence-corrected chi connectivity index (χ1v) is 12.4. The number of nitrogens with one attached hydrogen (secondary N) is 1. The lowest BCUT2D eigenvalue weighted by molar-refractivity contribution is 0.0698. The highest BCUT2D eigenvalue weighted by molar-refractivity contribution is 7.89. The molecule has 1 aliphatic heterocycles. The van der Waals surface area contributed by atoms with Crippen molar-refractivity contribution >= 4 is 26.0 Å². The highest BCUT2D eigenvalue weighted by atomic mass is 32.2. The summed E-state index contributed by atoms with van der Waals surface area (Å²) in [5.74, 6) is -0.226. The van der Waals surface area contributed by atoms with Crippen LogP contribution in [-0.2, 0) is 20.0 Å². The molecular weight excluding hydrogens is 390 g/mol. The first-order valence-electron chi connectivity index (χ1n) is 9.03. The van der Waals surface area contributed by atoms with E-state index in [2.05, 4.69) is 4.72 Å². The largest absolute Gasteiger partial charge is 0.336 e. The van der Waals surface area contributed by atoms with Crippen LogP contribution in [0, 0.1) is 0 Å². The number of hydrogen-bond acceptors (Lipinski definition) is 5. The summed E-state index contributed by atoms with van der Waals surface area (Å²) in [4.78, 5) is 14.3. The molecule has 1 saturated carbocycles. The molecule has 1 aromatic rings. The SMILES string of the molecule is CS(=O)(=O)N1CCN(C(=O)c2ccc(S(=O)(=O)NC3CCCC3)cc2)CC1. The molecule has 2 fully saturated rings. The van der Waals surface area contributed by atoms with Crippen LogP contribution >= 0.6 is 0 Å². The van der Waals surface area contributed by atoms with Gasteiger partial charge in [-0.15, -0.1) is 0 Å². The van der Waals surface area contributed by atoms with Crippen LogP contribution < -0.4 is 4.72 Å². The Bertz CT molecular complexity index is 883. The van der Waals surface area contributed by atoms with Crippen LogP contribution in [0.1, 0.15) is 36.0 Å². The standard InChI is InChI=1S/C17H25N3O5S2/c1-26(22,23)20-12-10-19(11-13-20)17(21)14-6-8-16(9-7-14)27(24,25)18-15-4-2-3-5-15/h6-9,15,18H,2-5,10-13H2,1H3. The average molecular weight is 416 g/mol. The van der Waals surface area contributed by atoms with E-state index in [9.17, 15) is 21.6 Å². The molecule has 0 atom stereocenters. The Hall–Kier alpha value is -1.49. The Morgan fingerprint density at radius 1 is 0.963 bits per heavy atom. The Morgan fingerprint density at radius 3 is 2.04 bits per heavy atom. The number of carbonyl (C=O) groups excluding carboxylic acids is 1. The highest BCUT2D eigenvalue weighted by Crippen LogP contribution is 2.21. The minimum absolute atomic E-state index is 0.0116. The molecule has 1 heterocycles. The van der Waals surface area contributed by atoms with Gasteiger partial charge in [-0.05, 0) is 37.1 Å². The second-order valence-electron chi connectivity index (χ2n) is 7.08. The van der Waals surface area contributed by atoms with Crippen molar-refractivity contribution in [1.82, 2.24) is 13.9 Å². The molecule has 1 aromatic carbocycles. The molecule has 1 N–H and O–H groups in total. The Morgan fingerprint density at radius 2 is 1.52 bits per heavy atom. The van der Waals surface area contributed by atoms with E-state index >= 15 is 0 Å². The molecular formula is C17H25N3O5S2. The number of benzene rings is 1. The lowest BCUT2D eigenvalue weighted by Crippen LogP contribution is -2.50. The van der Waals surface area contributed by atoms with Crippen molar-refractivity contribution in [2.24, 2.45) is 0 Å². The molecule has 150 valence electrons. The topological polar surface area (TPSA) is 104 Å². The van der Waals surface area contributed by atoms with Gasteiger partial charge < -0.3 is 4.90 Å². The van der Waals surface area contributed by atoms with E-state index in [1.807, 2.05) is 0 Å². The summed E-state index contributed by atoms with van der Waals surface area (Å²) in [6.07, 6.45) is 4.94. The zero-order chi connectivity index (χ0) is 19.7. The van der Waals surface area contributed by atoms with E-state index in [0.717, 1.165) is 31.9 Å². The number of nitrogens with zero attached hydrogens (tertiary/aromatic N) is 2. The summed E-state index contributed by atoms with van der Waals surface area (Å²) in [6, 6.07) is 5.89. The van der Waals surface area contributed by atoms with Crippen molar-refractivity contribution in [3.8, 4) is 0 Å².